The Morgan fingerprint density at radius 2 is 1.75 bits per heavy atom. The van der Waals surface area contributed by atoms with E-state index < -0.39 is 5.60 Å². The molecule has 2 rings (SSSR count). The van der Waals surface area contributed by atoms with E-state index in [4.69, 9.17) is 9.47 Å². The number of allylic oxidation sites excluding steroid dienone is 1. The van der Waals surface area contributed by atoms with Gasteiger partial charge in [-0.3, -0.25) is 0 Å². The van der Waals surface area contributed by atoms with Gasteiger partial charge in [-0.15, -0.1) is 11.8 Å². The molecule has 1 aliphatic heterocycles. The van der Waals surface area contributed by atoms with Crippen molar-refractivity contribution < 1.29 is 14.6 Å². The van der Waals surface area contributed by atoms with E-state index in [0.29, 0.717) is 13.2 Å². The van der Waals surface area contributed by atoms with Crippen LogP contribution in [0, 0.1) is 0 Å². The van der Waals surface area contributed by atoms with Gasteiger partial charge in [-0.1, -0.05) is 6.08 Å². The summed E-state index contributed by atoms with van der Waals surface area (Å²) in [5.41, 5.74) is -0.658. The Kier molecular flexibility index (Phi) is 3.64. The van der Waals surface area contributed by atoms with Gasteiger partial charge in [0.1, 0.15) is 0 Å². The summed E-state index contributed by atoms with van der Waals surface area (Å²) in [6.07, 6.45) is 7.07. The first kappa shape index (κ1) is 12.4. The summed E-state index contributed by atoms with van der Waals surface area (Å²) >= 11 is 1.64. The maximum absolute atomic E-state index is 10.6. The molecule has 1 saturated carbocycles. The van der Waals surface area contributed by atoms with Crippen LogP contribution in [0.3, 0.4) is 0 Å². The lowest BCUT2D eigenvalue weighted by atomic mass is 9.81. The zero-order valence-electron chi connectivity index (χ0n) is 9.99. The van der Waals surface area contributed by atoms with Crippen LogP contribution in [0.25, 0.3) is 0 Å². The molecular weight excluding hydrogens is 224 g/mol. The van der Waals surface area contributed by atoms with E-state index >= 15 is 0 Å². The van der Waals surface area contributed by atoms with Crippen molar-refractivity contribution in [3.05, 3.63) is 11.0 Å². The Balaban J connectivity index is 2.03. The van der Waals surface area contributed by atoms with Crippen LogP contribution in [0.1, 0.15) is 32.6 Å². The average Bonchev–Trinajstić information content (AvgIpc) is 2.74. The summed E-state index contributed by atoms with van der Waals surface area (Å²) in [4.78, 5) is 1.07. The van der Waals surface area contributed by atoms with Crippen molar-refractivity contribution in [2.24, 2.45) is 0 Å². The van der Waals surface area contributed by atoms with Crippen molar-refractivity contribution in [1.82, 2.24) is 0 Å². The van der Waals surface area contributed by atoms with Gasteiger partial charge in [0.15, 0.2) is 5.79 Å². The maximum atomic E-state index is 10.6. The van der Waals surface area contributed by atoms with Crippen LogP contribution in [-0.2, 0) is 9.47 Å². The van der Waals surface area contributed by atoms with E-state index in [0.717, 1.165) is 30.6 Å². The zero-order valence-corrected chi connectivity index (χ0v) is 10.8. The van der Waals surface area contributed by atoms with Gasteiger partial charge in [0, 0.05) is 17.7 Å². The lowest BCUT2D eigenvalue weighted by Gasteiger charge is -2.41. The summed E-state index contributed by atoms with van der Waals surface area (Å²) in [5, 5.41) is 10.6. The molecule has 0 radical (unpaired) electrons. The molecule has 0 aromatic rings. The van der Waals surface area contributed by atoms with Gasteiger partial charge in [-0.2, -0.15) is 0 Å². The summed E-state index contributed by atoms with van der Waals surface area (Å²) in [7, 11) is 0. The quantitative estimate of drug-likeness (QED) is 0.809. The molecular formula is C12H20O3S. The van der Waals surface area contributed by atoms with Gasteiger partial charge in [-0.05, 0) is 26.0 Å². The Morgan fingerprint density at radius 3 is 2.19 bits per heavy atom. The van der Waals surface area contributed by atoms with Gasteiger partial charge in [0.2, 0.25) is 0 Å². The summed E-state index contributed by atoms with van der Waals surface area (Å²) in [6.45, 7) is 3.37. The fraction of sp³-hybridized carbons (Fsp3) is 0.833. The Hall–Kier alpha value is -0.0300. The largest absolute Gasteiger partial charge is 0.385 e. The predicted molar refractivity (Wildman–Crippen MR) is 65.3 cm³/mol. The molecule has 4 heteroatoms. The van der Waals surface area contributed by atoms with E-state index in [1.54, 1.807) is 11.8 Å². The number of hydrogen-bond donors (Lipinski definition) is 1. The fourth-order valence-corrected chi connectivity index (χ4v) is 3.47. The van der Waals surface area contributed by atoms with Crippen molar-refractivity contribution in [3.63, 3.8) is 0 Å². The standard InChI is InChI=1S/C12H20O3S/c1-3-10(16-2)11(13)4-6-12(7-5-11)14-8-9-15-12/h3,13H,4-9H2,1-2H3. The van der Waals surface area contributed by atoms with Gasteiger partial charge < -0.3 is 14.6 Å². The van der Waals surface area contributed by atoms with Crippen molar-refractivity contribution in [3.8, 4) is 0 Å². The fourth-order valence-electron chi connectivity index (χ4n) is 2.65. The van der Waals surface area contributed by atoms with E-state index in [2.05, 4.69) is 0 Å². The Morgan fingerprint density at radius 1 is 1.19 bits per heavy atom. The van der Waals surface area contributed by atoms with E-state index in [1.807, 2.05) is 19.3 Å². The summed E-state index contributed by atoms with van der Waals surface area (Å²) < 4.78 is 11.3. The smallest absolute Gasteiger partial charge is 0.168 e. The molecule has 2 aliphatic rings. The molecule has 1 saturated heterocycles. The lowest BCUT2D eigenvalue weighted by Crippen LogP contribution is -2.44. The third-order valence-corrected chi connectivity index (χ3v) is 4.65. The molecule has 3 nitrogen and oxygen atoms in total. The number of aliphatic hydroxyl groups is 1. The van der Waals surface area contributed by atoms with E-state index in [-0.39, 0.29) is 5.79 Å². The molecule has 0 unspecified atom stereocenters. The molecule has 1 spiro atoms. The van der Waals surface area contributed by atoms with Crippen LogP contribution in [0.4, 0.5) is 0 Å². The van der Waals surface area contributed by atoms with Crippen LogP contribution < -0.4 is 0 Å². The second kappa shape index (κ2) is 4.69. The highest BCUT2D eigenvalue weighted by atomic mass is 32.2. The van der Waals surface area contributed by atoms with Gasteiger partial charge in [0.05, 0.1) is 18.8 Å². The molecule has 0 atom stereocenters. The third-order valence-electron chi connectivity index (χ3n) is 3.59. The minimum absolute atomic E-state index is 0.385. The van der Waals surface area contributed by atoms with Crippen molar-refractivity contribution in [1.29, 1.82) is 0 Å². The molecule has 1 heterocycles. The minimum atomic E-state index is -0.658. The summed E-state index contributed by atoms with van der Waals surface area (Å²) in [5.74, 6) is -0.385. The lowest BCUT2D eigenvalue weighted by molar-refractivity contribution is -0.196. The normalized spacial score (nSPS) is 28.6. The van der Waals surface area contributed by atoms with Crippen LogP contribution >= 0.6 is 11.8 Å². The number of rotatable bonds is 2. The molecule has 0 aromatic heterocycles. The highest BCUT2D eigenvalue weighted by molar-refractivity contribution is 8.02. The predicted octanol–water partition coefficient (Wildman–Crippen LogP) is 2.30. The first-order chi connectivity index (χ1) is 7.64. The molecule has 2 fully saturated rings. The maximum Gasteiger partial charge on any atom is 0.168 e. The Bertz CT molecular complexity index is 272. The van der Waals surface area contributed by atoms with Gasteiger partial charge in [-0.25, -0.2) is 0 Å². The Labute approximate surface area is 101 Å². The molecule has 1 N–H and O–H groups in total. The zero-order chi connectivity index (χ0) is 11.6. The number of hydrogen-bond acceptors (Lipinski definition) is 4. The second-order valence-electron chi connectivity index (χ2n) is 4.50. The first-order valence-corrected chi connectivity index (χ1v) is 7.08. The van der Waals surface area contributed by atoms with Crippen molar-refractivity contribution >= 4 is 11.8 Å². The number of ether oxygens (including phenoxy) is 2. The van der Waals surface area contributed by atoms with Crippen molar-refractivity contribution in [2.45, 2.75) is 44.0 Å². The molecule has 92 valence electrons. The first-order valence-electron chi connectivity index (χ1n) is 5.85. The minimum Gasteiger partial charge on any atom is -0.385 e. The third kappa shape index (κ3) is 2.16. The second-order valence-corrected chi connectivity index (χ2v) is 5.34. The molecule has 0 aromatic carbocycles. The van der Waals surface area contributed by atoms with E-state index in [9.17, 15) is 5.11 Å². The topological polar surface area (TPSA) is 38.7 Å². The van der Waals surface area contributed by atoms with Gasteiger partial charge >= 0.3 is 0 Å². The summed E-state index contributed by atoms with van der Waals surface area (Å²) in [6, 6.07) is 0. The molecule has 1 aliphatic carbocycles. The monoisotopic (exact) mass is 244 g/mol. The molecule has 16 heavy (non-hydrogen) atoms. The molecule has 0 amide bonds. The number of thioether (sulfide) groups is 1. The molecule has 0 bridgehead atoms. The average molecular weight is 244 g/mol. The van der Waals surface area contributed by atoms with Gasteiger partial charge in [0.25, 0.3) is 0 Å². The van der Waals surface area contributed by atoms with Crippen LogP contribution in [0.5, 0.6) is 0 Å². The van der Waals surface area contributed by atoms with Crippen LogP contribution in [0.2, 0.25) is 0 Å². The van der Waals surface area contributed by atoms with E-state index in [1.165, 1.54) is 0 Å². The van der Waals surface area contributed by atoms with Crippen LogP contribution in [-0.4, -0.2) is 36.0 Å². The van der Waals surface area contributed by atoms with Crippen LogP contribution in [0.15, 0.2) is 11.0 Å². The van der Waals surface area contributed by atoms with Crippen molar-refractivity contribution in [2.75, 3.05) is 19.5 Å². The highest BCUT2D eigenvalue weighted by Crippen LogP contribution is 2.45. The highest BCUT2D eigenvalue weighted by Gasteiger charge is 2.46. The SMILES string of the molecule is CC=C(SC)C1(O)CCC2(CC1)OCCO2.